The van der Waals surface area contributed by atoms with Crippen LogP contribution in [0.2, 0.25) is 0 Å². The third-order valence-electron chi connectivity index (χ3n) is 3.51. The molecule has 3 rings (SSSR count). The molecule has 0 saturated carbocycles. The van der Waals surface area contributed by atoms with Crippen molar-refractivity contribution in [3.63, 3.8) is 0 Å². The number of phenols is 1. The Balaban J connectivity index is 1.76. The van der Waals surface area contributed by atoms with E-state index in [-0.39, 0.29) is 6.04 Å². The van der Waals surface area contributed by atoms with Gasteiger partial charge in [-0.15, -0.1) is 11.3 Å². The second-order valence-corrected chi connectivity index (χ2v) is 5.77. The van der Waals surface area contributed by atoms with Crippen LogP contribution < -0.4 is 5.32 Å². The topological polar surface area (TPSA) is 49.6 Å². The summed E-state index contributed by atoms with van der Waals surface area (Å²) in [5.41, 5.74) is 3.33. The number of aryl methyl sites for hydroxylation is 1. The van der Waals surface area contributed by atoms with Crippen LogP contribution in [0, 0.1) is 6.92 Å². The number of benzene rings is 1. The predicted molar refractivity (Wildman–Crippen MR) is 81.2 cm³/mol. The lowest BCUT2D eigenvalue weighted by Crippen LogP contribution is -2.19. The van der Waals surface area contributed by atoms with Gasteiger partial charge in [0, 0.05) is 24.2 Å². The zero-order chi connectivity index (χ0) is 14.1. The van der Waals surface area contributed by atoms with Crippen LogP contribution in [-0.4, -0.2) is 14.5 Å². The maximum absolute atomic E-state index is 9.53. The summed E-state index contributed by atoms with van der Waals surface area (Å²) in [6.45, 7) is 4.88. The first-order valence-electron chi connectivity index (χ1n) is 6.58. The summed E-state index contributed by atoms with van der Waals surface area (Å²) in [6, 6.07) is 7.53. The summed E-state index contributed by atoms with van der Waals surface area (Å²) in [6.07, 6.45) is 2.05. The van der Waals surface area contributed by atoms with Gasteiger partial charge in [0.1, 0.15) is 5.75 Å². The van der Waals surface area contributed by atoms with E-state index in [0.29, 0.717) is 5.75 Å². The lowest BCUT2D eigenvalue weighted by atomic mass is 10.1. The van der Waals surface area contributed by atoms with E-state index in [1.54, 1.807) is 23.5 Å². The van der Waals surface area contributed by atoms with Crippen molar-refractivity contribution in [3.8, 4) is 5.75 Å². The van der Waals surface area contributed by atoms with E-state index in [1.807, 2.05) is 24.4 Å². The molecule has 0 aliphatic rings. The average Bonchev–Trinajstić information content (AvgIpc) is 2.97. The molecule has 2 heterocycles. The first kappa shape index (κ1) is 13.1. The third-order valence-corrected chi connectivity index (χ3v) is 4.26. The van der Waals surface area contributed by atoms with Gasteiger partial charge in [-0.3, -0.25) is 4.40 Å². The summed E-state index contributed by atoms with van der Waals surface area (Å²) in [7, 11) is 0. The molecule has 0 bridgehead atoms. The van der Waals surface area contributed by atoms with Crippen LogP contribution in [0.4, 0.5) is 0 Å². The van der Waals surface area contributed by atoms with Crippen molar-refractivity contribution in [1.82, 2.24) is 14.7 Å². The fourth-order valence-corrected chi connectivity index (χ4v) is 3.09. The maximum Gasteiger partial charge on any atom is 0.194 e. The highest BCUT2D eigenvalue weighted by Crippen LogP contribution is 2.20. The van der Waals surface area contributed by atoms with Gasteiger partial charge in [-0.05, 0) is 31.5 Å². The molecule has 4 nitrogen and oxygen atoms in total. The Hall–Kier alpha value is -1.85. The van der Waals surface area contributed by atoms with Gasteiger partial charge >= 0.3 is 0 Å². The molecule has 1 atom stereocenters. The van der Waals surface area contributed by atoms with Crippen molar-refractivity contribution in [2.24, 2.45) is 0 Å². The number of aromatic nitrogens is 2. The van der Waals surface area contributed by atoms with Crippen molar-refractivity contribution >= 4 is 16.3 Å². The van der Waals surface area contributed by atoms with Crippen molar-refractivity contribution in [3.05, 3.63) is 52.8 Å². The molecule has 0 fully saturated rings. The number of hydrogen-bond acceptors (Lipinski definition) is 4. The Bertz CT molecular complexity index is 732. The summed E-state index contributed by atoms with van der Waals surface area (Å²) in [4.78, 5) is 5.57. The minimum atomic E-state index is 0.172. The lowest BCUT2D eigenvalue weighted by molar-refractivity contribution is 0.472. The second kappa shape index (κ2) is 5.26. The van der Waals surface area contributed by atoms with Gasteiger partial charge < -0.3 is 10.4 Å². The Morgan fingerprint density at radius 1 is 1.45 bits per heavy atom. The normalized spacial score (nSPS) is 12.9. The van der Waals surface area contributed by atoms with Crippen LogP contribution >= 0.6 is 11.3 Å². The molecule has 3 aromatic rings. The van der Waals surface area contributed by atoms with Gasteiger partial charge in [0.15, 0.2) is 4.96 Å². The van der Waals surface area contributed by atoms with Crippen LogP contribution in [0.5, 0.6) is 5.75 Å². The van der Waals surface area contributed by atoms with Crippen LogP contribution in [0.15, 0.2) is 35.8 Å². The number of aromatic hydroxyl groups is 1. The largest absolute Gasteiger partial charge is 0.508 e. The third kappa shape index (κ3) is 2.42. The molecule has 0 spiro atoms. The monoisotopic (exact) mass is 287 g/mol. The highest BCUT2D eigenvalue weighted by molar-refractivity contribution is 7.15. The number of thiazole rings is 1. The standard InChI is InChI=1S/C15H17N3OS/c1-10(12-4-3-5-13(19)8-12)16-9-14-11(2)17-15-18(14)6-7-20-15/h3-8,10,16,19H,9H2,1-2H3. The molecular weight excluding hydrogens is 270 g/mol. The number of fused-ring (bicyclic) bond motifs is 1. The van der Waals surface area contributed by atoms with Crippen LogP contribution in [-0.2, 0) is 6.54 Å². The van der Waals surface area contributed by atoms with E-state index in [2.05, 4.69) is 27.8 Å². The molecule has 0 saturated heterocycles. The molecule has 0 aliphatic heterocycles. The maximum atomic E-state index is 9.53. The zero-order valence-corrected chi connectivity index (χ0v) is 12.3. The Morgan fingerprint density at radius 2 is 2.30 bits per heavy atom. The van der Waals surface area contributed by atoms with Crippen molar-refractivity contribution in [2.75, 3.05) is 0 Å². The van der Waals surface area contributed by atoms with Gasteiger partial charge in [-0.25, -0.2) is 4.98 Å². The van der Waals surface area contributed by atoms with Gasteiger partial charge in [0.05, 0.1) is 11.4 Å². The van der Waals surface area contributed by atoms with Gasteiger partial charge in [0.25, 0.3) is 0 Å². The molecule has 2 aromatic heterocycles. The molecule has 0 radical (unpaired) electrons. The summed E-state index contributed by atoms with van der Waals surface area (Å²) in [5, 5.41) is 15.1. The lowest BCUT2D eigenvalue weighted by Gasteiger charge is -2.14. The Kier molecular flexibility index (Phi) is 3.46. The van der Waals surface area contributed by atoms with E-state index < -0.39 is 0 Å². The Morgan fingerprint density at radius 3 is 3.10 bits per heavy atom. The fourth-order valence-electron chi connectivity index (χ4n) is 2.32. The molecule has 0 aliphatic carbocycles. The van der Waals surface area contributed by atoms with Crippen LogP contribution in [0.25, 0.3) is 4.96 Å². The first-order chi connectivity index (χ1) is 9.65. The molecule has 104 valence electrons. The molecular formula is C15H17N3OS. The zero-order valence-electron chi connectivity index (χ0n) is 11.5. The minimum Gasteiger partial charge on any atom is -0.508 e. The molecule has 2 N–H and O–H groups in total. The molecule has 0 amide bonds. The smallest absolute Gasteiger partial charge is 0.194 e. The number of rotatable bonds is 4. The van der Waals surface area contributed by atoms with Crippen LogP contribution in [0.3, 0.4) is 0 Å². The van der Waals surface area contributed by atoms with E-state index in [0.717, 1.165) is 22.8 Å². The number of nitrogens with one attached hydrogen (secondary N) is 1. The van der Waals surface area contributed by atoms with E-state index in [1.165, 1.54) is 5.69 Å². The van der Waals surface area contributed by atoms with E-state index >= 15 is 0 Å². The Labute approximate surface area is 121 Å². The number of nitrogens with zero attached hydrogens (tertiary/aromatic N) is 2. The van der Waals surface area contributed by atoms with Gasteiger partial charge in [-0.1, -0.05) is 12.1 Å². The average molecular weight is 287 g/mol. The quantitative estimate of drug-likeness (QED) is 0.774. The molecule has 1 unspecified atom stereocenters. The van der Waals surface area contributed by atoms with E-state index in [9.17, 15) is 5.11 Å². The van der Waals surface area contributed by atoms with Crippen molar-refractivity contribution in [2.45, 2.75) is 26.4 Å². The number of imidazole rings is 1. The SMILES string of the molecule is Cc1nc2sccn2c1CNC(C)c1cccc(O)c1. The molecule has 5 heteroatoms. The highest BCUT2D eigenvalue weighted by atomic mass is 32.1. The fraction of sp³-hybridized carbons (Fsp3) is 0.267. The summed E-state index contributed by atoms with van der Waals surface area (Å²) in [5.74, 6) is 0.303. The highest BCUT2D eigenvalue weighted by Gasteiger charge is 2.11. The molecule has 1 aromatic carbocycles. The number of hydrogen-bond donors (Lipinski definition) is 2. The number of phenolic OH excluding ortho intramolecular Hbond substituents is 1. The summed E-state index contributed by atoms with van der Waals surface area (Å²) >= 11 is 1.65. The van der Waals surface area contributed by atoms with E-state index in [4.69, 9.17) is 0 Å². The summed E-state index contributed by atoms with van der Waals surface area (Å²) < 4.78 is 2.13. The predicted octanol–water partition coefficient (Wildman–Crippen LogP) is 3.26. The van der Waals surface area contributed by atoms with Crippen LogP contribution in [0.1, 0.15) is 29.9 Å². The van der Waals surface area contributed by atoms with Gasteiger partial charge in [0.2, 0.25) is 0 Å². The second-order valence-electron chi connectivity index (χ2n) is 4.90. The van der Waals surface area contributed by atoms with Gasteiger partial charge in [-0.2, -0.15) is 0 Å². The molecule has 20 heavy (non-hydrogen) atoms. The first-order valence-corrected chi connectivity index (χ1v) is 7.46. The minimum absolute atomic E-state index is 0.172. The van der Waals surface area contributed by atoms with Crippen molar-refractivity contribution in [1.29, 1.82) is 0 Å². The van der Waals surface area contributed by atoms with Crippen molar-refractivity contribution < 1.29 is 5.11 Å².